The van der Waals surface area contributed by atoms with Gasteiger partial charge in [-0.15, -0.1) is 0 Å². The normalized spacial score (nSPS) is 21.4. The third-order valence-corrected chi connectivity index (χ3v) is 8.08. The van der Waals surface area contributed by atoms with Crippen molar-refractivity contribution in [3.63, 3.8) is 0 Å². The van der Waals surface area contributed by atoms with Crippen LogP contribution in [0.4, 0.5) is 4.39 Å². The van der Waals surface area contributed by atoms with Gasteiger partial charge >= 0.3 is 0 Å². The van der Waals surface area contributed by atoms with Gasteiger partial charge in [0.05, 0.1) is 0 Å². The molecule has 5 heteroatoms. The van der Waals surface area contributed by atoms with Gasteiger partial charge in [-0.05, 0) is 118 Å². The first-order chi connectivity index (χ1) is 17.2. The number of rotatable bonds is 8. The minimum absolute atomic E-state index is 0.0291. The number of nitrogens with zero attached hydrogens (tertiary/aromatic N) is 1. The second kappa shape index (κ2) is 10.6. The molecule has 192 valence electrons. The van der Waals surface area contributed by atoms with E-state index in [1.54, 1.807) is 18.3 Å². The molecule has 1 fully saturated rings. The Labute approximate surface area is 215 Å². The molecule has 2 aliphatic carbocycles. The van der Waals surface area contributed by atoms with Crippen LogP contribution in [0.25, 0.3) is 5.57 Å². The van der Waals surface area contributed by atoms with Crippen LogP contribution in [0.15, 0.2) is 65.4 Å². The summed E-state index contributed by atoms with van der Waals surface area (Å²) >= 11 is 0. The average molecular weight is 489 g/mol. The number of likely N-dealkylation sites (N-methyl/N-ethyl adjacent to an activating group) is 1. The molecule has 36 heavy (non-hydrogen) atoms. The fourth-order valence-corrected chi connectivity index (χ4v) is 6.21. The monoisotopic (exact) mass is 488 g/mol. The molecule has 2 aliphatic rings. The lowest BCUT2D eigenvalue weighted by Crippen LogP contribution is -2.32. The largest absolute Gasteiger partial charge is 0.405 e. The standard InChI is InChI=1S/C31H41FN4/c1-19(2)36-27(13-17-33)29(23-8-6-22(7-9-23)28(20(3)34)21(4)35-5)30-26-11-10-25(32)18-24(26)12-14-31(30)15-16-31/h6-11,13,17-19,21,29-30,35H,12,14-16,33-34H2,1-5H3/b17-13?,28-20+,36-27?. The number of hydrogen-bond donors (Lipinski definition) is 3. The summed E-state index contributed by atoms with van der Waals surface area (Å²) in [5, 5.41) is 3.31. The predicted molar refractivity (Wildman–Crippen MR) is 150 cm³/mol. The van der Waals surface area contributed by atoms with Gasteiger partial charge in [-0.2, -0.15) is 0 Å². The van der Waals surface area contributed by atoms with Gasteiger partial charge in [-0.3, -0.25) is 4.99 Å². The van der Waals surface area contributed by atoms with Gasteiger partial charge < -0.3 is 16.8 Å². The van der Waals surface area contributed by atoms with E-state index in [0.717, 1.165) is 41.0 Å². The highest BCUT2D eigenvalue weighted by Gasteiger charge is 2.55. The number of nitrogens with two attached hydrogens (primary N) is 2. The molecule has 0 saturated heterocycles. The van der Waals surface area contributed by atoms with Gasteiger partial charge in [0.15, 0.2) is 0 Å². The molecule has 0 aliphatic heterocycles. The molecule has 2 aromatic rings. The van der Waals surface area contributed by atoms with Crippen molar-refractivity contribution in [2.45, 2.75) is 77.3 Å². The number of aliphatic imine (C=N–C) groups is 1. The number of hydrogen-bond acceptors (Lipinski definition) is 4. The lowest BCUT2D eigenvalue weighted by molar-refractivity contribution is 0.331. The minimum Gasteiger partial charge on any atom is -0.405 e. The molecule has 3 atom stereocenters. The zero-order valence-electron chi connectivity index (χ0n) is 22.3. The first kappa shape index (κ1) is 26.2. The maximum atomic E-state index is 14.2. The smallest absolute Gasteiger partial charge is 0.123 e. The van der Waals surface area contributed by atoms with Gasteiger partial charge in [-0.1, -0.05) is 30.3 Å². The van der Waals surface area contributed by atoms with Crippen LogP contribution in [0, 0.1) is 11.2 Å². The molecule has 1 spiro atoms. The molecule has 0 bridgehead atoms. The number of allylic oxidation sites excluding steroid dienone is 2. The van der Waals surface area contributed by atoms with Crippen LogP contribution in [0.3, 0.4) is 0 Å². The van der Waals surface area contributed by atoms with Crippen LogP contribution < -0.4 is 16.8 Å². The minimum atomic E-state index is -0.159. The van der Waals surface area contributed by atoms with Gasteiger partial charge in [0.25, 0.3) is 0 Å². The Bertz CT molecular complexity index is 1170. The van der Waals surface area contributed by atoms with Crippen LogP contribution >= 0.6 is 0 Å². The molecule has 0 heterocycles. The SMILES string of the molecule is CNC(C)/C(=C(/C)N)c1ccc(C(C(C=CN)=NC(C)C)C2c3ccc(F)cc3CCC23CC3)cc1. The summed E-state index contributed by atoms with van der Waals surface area (Å²) in [7, 11) is 1.95. The first-order valence-corrected chi connectivity index (χ1v) is 13.2. The fourth-order valence-electron chi connectivity index (χ4n) is 6.21. The third-order valence-electron chi connectivity index (χ3n) is 8.08. The van der Waals surface area contributed by atoms with Crippen LogP contribution in [0.1, 0.15) is 81.0 Å². The zero-order chi connectivity index (χ0) is 26.0. The first-order valence-electron chi connectivity index (χ1n) is 13.2. The van der Waals surface area contributed by atoms with Crippen molar-refractivity contribution in [3.05, 3.63) is 88.5 Å². The van der Waals surface area contributed by atoms with Crippen molar-refractivity contribution in [1.82, 2.24) is 5.32 Å². The summed E-state index contributed by atoms with van der Waals surface area (Å²) in [6, 6.07) is 14.4. The summed E-state index contributed by atoms with van der Waals surface area (Å²) in [6.45, 7) is 8.27. The summed E-state index contributed by atoms with van der Waals surface area (Å²) in [5.41, 5.74) is 20.1. The predicted octanol–water partition coefficient (Wildman–Crippen LogP) is 6.04. The Balaban J connectivity index is 1.88. The Hall–Kier alpha value is -2.92. The number of aryl methyl sites for hydroxylation is 1. The van der Waals surface area contributed by atoms with Crippen molar-refractivity contribution in [3.8, 4) is 0 Å². The third kappa shape index (κ3) is 5.12. The molecule has 1 saturated carbocycles. The van der Waals surface area contributed by atoms with Crippen LogP contribution in [-0.4, -0.2) is 24.8 Å². The van der Waals surface area contributed by atoms with Gasteiger partial charge in [0, 0.05) is 35.3 Å². The van der Waals surface area contributed by atoms with Crippen molar-refractivity contribution >= 4 is 11.3 Å². The second-order valence-corrected chi connectivity index (χ2v) is 10.9. The molecule has 4 rings (SSSR count). The fraction of sp³-hybridized carbons (Fsp3) is 0.452. The highest BCUT2D eigenvalue weighted by Crippen LogP contribution is 2.66. The zero-order valence-corrected chi connectivity index (χ0v) is 22.3. The molecular weight excluding hydrogens is 447 g/mol. The number of benzene rings is 2. The Morgan fingerprint density at radius 2 is 1.81 bits per heavy atom. The summed E-state index contributed by atoms with van der Waals surface area (Å²) in [5.74, 6) is 0.0958. The number of fused-ring (bicyclic) bond motifs is 1. The lowest BCUT2D eigenvalue weighted by Gasteiger charge is -2.40. The van der Waals surface area contributed by atoms with Gasteiger partial charge in [0.2, 0.25) is 0 Å². The molecule has 0 amide bonds. The van der Waals surface area contributed by atoms with Crippen molar-refractivity contribution in [2.24, 2.45) is 21.9 Å². The summed E-state index contributed by atoms with van der Waals surface area (Å²) in [4.78, 5) is 5.07. The Morgan fingerprint density at radius 3 is 2.36 bits per heavy atom. The maximum absolute atomic E-state index is 14.2. The molecule has 2 aromatic carbocycles. The Kier molecular flexibility index (Phi) is 7.70. The Morgan fingerprint density at radius 1 is 1.11 bits per heavy atom. The molecule has 4 nitrogen and oxygen atoms in total. The maximum Gasteiger partial charge on any atom is 0.123 e. The molecular formula is C31H41FN4. The average Bonchev–Trinajstić information content (AvgIpc) is 3.61. The van der Waals surface area contributed by atoms with Gasteiger partial charge in [0.1, 0.15) is 5.82 Å². The van der Waals surface area contributed by atoms with E-state index < -0.39 is 0 Å². The van der Waals surface area contributed by atoms with Crippen molar-refractivity contribution < 1.29 is 4.39 Å². The summed E-state index contributed by atoms with van der Waals surface area (Å²) < 4.78 is 14.2. The molecule has 5 N–H and O–H groups in total. The van der Waals surface area contributed by atoms with Crippen molar-refractivity contribution in [1.29, 1.82) is 0 Å². The van der Waals surface area contributed by atoms with E-state index >= 15 is 0 Å². The highest BCUT2D eigenvalue weighted by atomic mass is 19.1. The lowest BCUT2D eigenvalue weighted by atomic mass is 9.64. The van der Waals surface area contributed by atoms with Crippen molar-refractivity contribution in [2.75, 3.05) is 7.05 Å². The van der Waals surface area contributed by atoms with E-state index in [4.69, 9.17) is 16.5 Å². The van der Waals surface area contributed by atoms with E-state index in [2.05, 4.69) is 50.4 Å². The van der Waals surface area contributed by atoms with E-state index in [0.29, 0.717) is 0 Å². The number of nitrogens with one attached hydrogen (secondary N) is 1. The quantitative estimate of drug-likeness (QED) is 0.397. The molecule has 0 radical (unpaired) electrons. The van der Waals surface area contributed by atoms with Crippen LogP contribution in [0.2, 0.25) is 0 Å². The second-order valence-electron chi connectivity index (χ2n) is 10.9. The van der Waals surface area contributed by atoms with Gasteiger partial charge in [-0.25, -0.2) is 4.39 Å². The molecule has 0 aromatic heterocycles. The van der Waals surface area contributed by atoms with E-state index in [9.17, 15) is 4.39 Å². The molecule has 3 unspecified atom stereocenters. The topological polar surface area (TPSA) is 76.4 Å². The van der Waals surface area contributed by atoms with Crippen LogP contribution in [-0.2, 0) is 6.42 Å². The van der Waals surface area contributed by atoms with E-state index in [-0.39, 0.29) is 35.2 Å². The number of halogens is 1. The highest BCUT2D eigenvalue weighted by molar-refractivity contribution is 6.01. The summed E-state index contributed by atoms with van der Waals surface area (Å²) in [6.07, 6.45) is 7.98. The van der Waals surface area contributed by atoms with Crippen LogP contribution in [0.5, 0.6) is 0 Å². The van der Waals surface area contributed by atoms with E-state index in [1.165, 1.54) is 24.0 Å². The van der Waals surface area contributed by atoms with E-state index in [1.807, 2.05) is 26.1 Å².